The number of nitrogens with zero attached hydrogens (tertiary/aromatic N) is 1. The van der Waals surface area contributed by atoms with E-state index in [9.17, 15) is 0 Å². The first-order chi connectivity index (χ1) is 8.20. The monoisotopic (exact) mass is 236 g/mol. The summed E-state index contributed by atoms with van der Waals surface area (Å²) < 4.78 is 5.51. The lowest BCUT2D eigenvalue weighted by Crippen LogP contribution is -2.14. The van der Waals surface area contributed by atoms with Gasteiger partial charge in [-0.25, -0.2) is 4.98 Å². The molecule has 0 aliphatic heterocycles. The van der Waals surface area contributed by atoms with Gasteiger partial charge in [-0.1, -0.05) is 20.8 Å². The molecule has 1 heterocycles. The van der Waals surface area contributed by atoms with Gasteiger partial charge in [0.2, 0.25) is 0 Å². The van der Waals surface area contributed by atoms with Gasteiger partial charge in [0.25, 0.3) is 0 Å². The average molecular weight is 236 g/mol. The molecule has 1 N–H and O–H groups in total. The number of nitrogens with one attached hydrogen (secondary N) is 1. The van der Waals surface area contributed by atoms with Crippen LogP contribution in [0.5, 0.6) is 0 Å². The Morgan fingerprint density at radius 3 is 2.94 bits per heavy atom. The van der Waals surface area contributed by atoms with Gasteiger partial charge in [0, 0.05) is 24.6 Å². The van der Waals surface area contributed by atoms with Gasteiger partial charge < -0.3 is 9.72 Å². The lowest BCUT2D eigenvalue weighted by Gasteiger charge is -2.22. The van der Waals surface area contributed by atoms with Crippen LogP contribution in [0.4, 0.5) is 0 Å². The number of imidazole rings is 1. The maximum atomic E-state index is 5.51. The number of aromatic amines is 1. The standard InChI is InChI=1S/C14H24N2O/c1-4-6-17-7-5-13-15-12-9-10(2)8-11(3)14(12)16-13/h10-11H,4-9H2,1-3H3,(H,15,16). The molecule has 3 nitrogen and oxygen atoms in total. The molecule has 2 atom stereocenters. The van der Waals surface area contributed by atoms with E-state index in [1.165, 1.54) is 17.8 Å². The molecule has 2 rings (SSSR count). The van der Waals surface area contributed by atoms with Crippen molar-refractivity contribution < 1.29 is 4.74 Å². The highest BCUT2D eigenvalue weighted by molar-refractivity contribution is 5.22. The minimum atomic E-state index is 0.607. The van der Waals surface area contributed by atoms with Crippen LogP contribution in [0.2, 0.25) is 0 Å². The highest BCUT2D eigenvalue weighted by atomic mass is 16.5. The molecule has 0 saturated heterocycles. The second kappa shape index (κ2) is 5.67. The summed E-state index contributed by atoms with van der Waals surface area (Å²) in [4.78, 5) is 8.21. The molecular weight excluding hydrogens is 212 g/mol. The van der Waals surface area contributed by atoms with Gasteiger partial charge in [-0.15, -0.1) is 0 Å². The summed E-state index contributed by atoms with van der Waals surface area (Å²) in [6.45, 7) is 8.38. The predicted octanol–water partition coefficient (Wildman–Crippen LogP) is 3.06. The number of H-pyrrole nitrogens is 1. The molecule has 1 aromatic rings. The average Bonchev–Trinajstić information content (AvgIpc) is 2.67. The molecule has 96 valence electrons. The number of hydrogen-bond donors (Lipinski definition) is 1. The van der Waals surface area contributed by atoms with Crippen molar-refractivity contribution in [1.82, 2.24) is 9.97 Å². The van der Waals surface area contributed by atoms with Crippen LogP contribution >= 0.6 is 0 Å². The third-order valence-electron chi connectivity index (χ3n) is 3.47. The predicted molar refractivity (Wildman–Crippen MR) is 69.3 cm³/mol. The van der Waals surface area contributed by atoms with Gasteiger partial charge >= 0.3 is 0 Å². The van der Waals surface area contributed by atoms with E-state index in [1.54, 1.807) is 0 Å². The van der Waals surface area contributed by atoms with E-state index >= 15 is 0 Å². The zero-order chi connectivity index (χ0) is 12.3. The van der Waals surface area contributed by atoms with Crippen molar-refractivity contribution >= 4 is 0 Å². The van der Waals surface area contributed by atoms with Gasteiger partial charge in [0.1, 0.15) is 5.82 Å². The van der Waals surface area contributed by atoms with Crippen LogP contribution in [-0.4, -0.2) is 23.2 Å². The summed E-state index contributed by atoms with van der Waals surface area (Å²) in [7, 11) is 0. The van der Waals surface area contributed by atoms with Crippen LogP contribution in [0.3, 0.4) is 0 Å². The fourth-order valence-corrected chi connectivity index (χ4v) is 2.72. The number of aromatic nitrogens is 2. The van der Waals surface area contributed by atoms with Gasteiger partial charge in [-0.05, 0) is 25.2 Å². The normalized spacial score (nSPS) is 23.7. The summed E-state index contributed by atoms with van der Waals surface area (Å²) in [6, 6.07) is 0. The van der Waals surface area contributed by atoms with Gasteiger partial charge in [0.05, 0.1) is 12.3 Å². The highest BCUT2D eigenvalue weighted by Crippen LogP contribution is 2.32. The lowest BCUT2D eigenvalue weighted by atomic mass is 9.84. The molecule has 0 aromatic carbocycles. The first-order valence-corrected chi connectivity index (χ1v) is 6.86. The Morgan fingerprint density at radius 2 is 2.18 bits per heavy atom. The van der Waals surface area contributed by atoms with Crippen LogP contribution in [0.15, 0.2) is 0 Å². The second-order valence-electron chi connectivity index (χ2n) is 5.36. The molecule has 1 aliphatic rings. The fourth-order valence-electron chi connectivity index (χ4n) is 2.72. The van der Waals surface area contributed by atoms with Crippen LogP contribution in [-0.2, 0) is 17.6 Å². The van der Waals surface area contributed by atoms with E-state index in [2.05, 4.69) is 25.8 Å². The largest absolute Gasteiger partial charge is 0.381 e. The highest BCUT2D eigenvalue weighted by Gasteiger charge is 2.24. The van der Waals surface area contributed by atoms with Crippen molar-refractivity contribution in [3.63, 3.8) is 0 Å². The van der Waals surface area contributed by atoms with Crippen molar-refractivity contribution in [2.75, 3.05) is 13.2 Å². The molecule has 0 amide bonds. The van der Waals surface area contributed by atoms with Crippen molar-refractivity contribution in [3.8, 4) is 0 Å². The zero-order valence-electron chi connectivity index (χ0n) is 11.3. The van der Waals surface area contributed by atoms with Crippen molar-refractivity contribution in [1.29, 1.82) is 0 Å². The molecule has 0 spiro atoms. The van der Waals surface area contributed by atoms with E-state index in [4.69, 9.17) is 9.72 Å². The molecule has 0 radical (unpaired) electrons. The topological polar surface area (TPSA) is 37.9 Å². The van der Waals surface area contributed by atoms with Crippen molar-refractivity contribution in [2.24, 2.45) is 5.92 Å². The molecule has 17 heavy (non-hydrogen) atoms. The molecule has 2 unspecified atom stereocenters. The van der Waals surface area contributed by atoms with Gasteiger partial charge in [-0.2, -0.15) is 0 Å². The Balaban J connectivity index is 1.95. The number of fused-ring (bicyclic) bond motifs is 1. The molecule has 1 aliphatic carbocycles. The SMILES string of the molecule is CCCOCCc1nc2c([nH]1)CC(C)CC2C. The Kier molecular flexibility index (Phi) is 4.21. The summed E-state index contributed by atoms with van der Waals surface area (Å²) >= 11 is 0. The van der Waals surface area contributed by atoms with E-state index in [-0.39, 0.29) is 0 Å². The number of ether oxygens (including phenoxy) is 1. The third kappa shape index (κ3) is 3.09. The first-order valence-electron chi connectivity index (χ1n) is 6.86. The van der Waals surface area contributed by atoms with Crippen LogP contribution < -0.4 is 0 Å². The van der Waals surface area contributed by atoms with Gasteiger partial charge in [-0.3, -0.25) is 0 Å². The minimum Gasteiger partial charge on any atom is -0.381 e. The smallest absolute Gasteiger partial charge is 0.108 e. The summed E-state index contributed by atoms with van der Waals surface area (Å²) in [6.07, 6.45) is 4.42. The van der Waals surface area contributed by atoms with Crippen molar-refractivity contribution in [3.05, 3.63) is 17.2 Å². The lowest BCUT2D eigenvalue weighted by molar-refractivity contribution is 0.136. The molecular formula is C14H24N2O. The van der Waals surface area contributed by atoms with Gasteiger partial charge in [0.15, 0.2) is 0 Å². The Hall–Kier alpha value is -0.830. The molecule has 1 aromatic heterocycles. The molecule has 0 fully saturated rings. The molecule has 0 saturated carbocycles. The van der Waals surface area contributed by atoms with E-state index < -0.39 is 0 Å². The summed E-state index contributed by atoms with van der Waals surface area (Å²) in [5, 5.41) is 0. The van der Waals surface area contributed by atoms with Crippen LogP contribution in [0, 0.1) is 5.92 Å². The maximum Gasteiger partial charge on any atom is 0.108 e. The van der Waals surface area contributed by atoms with E-state index in [0.717, 1.165) is 44.2 Å². The Labute approximate surface area is 104 Å². The quantitative estimate of drug-likeness (QED) is 0.798. The minimum absolute atomic E-state index is 0.607. The van der Waals surface area contributed by atoms with Crippen molar-refractivity contribution in [2.45, 2.75) is 52.4 Å². The zero-order valence-corrected chi connectivity index (χ0v) is 11.3. The number of hydrogen-bond acceptors (Lipinski definition) is 2. The summed E-state index contributed by atoms with van der Waals surface area (Å²) in [5.41, 5.74) is 2.66. The fraction of sp³-hybridized carbons (Fsp3) is 0.786. The third-order valence-corrected chi connectivity index (χ3v) is 3.47. The second-order valence-corrected chi connectivity index (χ2v) is 5.36. The van der Waals surface area contributed by atoms with Crippen LogP contribution in [0.25, 0.3) is 0 Å². The Morgan fingerprint density at radius 1 is 1.35 bits per heavy atom. The Bertz CT molecular complexity index is 359. The van der Waals surface area contributed by atoms with E-state index in [1.807, 2.05) is 0 Å². The van der Waals surface area contributed by atoms with Crippen LogP contribution in [0.1, 0.15) is 56.7 Å². The number of rotatable bonds is 5. The maximum absolute atomic E-state index is 5.51. The van der Waals surface area contributed by atoms with E-state index in [0.29, 0.717) is 5.92 Å². The molecule has 3 heteroatoms. The summed E-state index contributed by atoms with van der Waals surface area (Å²) in [5.74, 6) is 2.49. The molecule has 0 bridgehead atoms. The first kappa shape index (κ1) is 12.6.